The van der Waals surface area contributed by atoms with Crippen LogP contribution in [0.1, 0.15) is 0 Å². The van der Waals surface area contributed by atoms with Crippen LogP contribution in [-0.4, -0.2) is 25.4 Å². The highest BCUT2D eigenvalue weighted by Crippen LogP contribution is 2.27. The molecule has 0 bridgehead atoms. The normalized spacial score (nSPS) is 10.8. The van der Waals surface area contributed by atoms with Crippen LogP contribution < -0.4 is 5.32 Å². The molecule has 23 heavy (non-hydrogen) atoms. The molecule has 0 aliphatic carbocycles. The number of halogens is 1. The molecule has 0 fully saturated rings. The zero-order valence-corrected chi connectivity index (χ0v) is 12.6. The number of aromatic amines is 1. The van der Waals surface area contributed by atoms with E-state index in [0.29, 0.717) is 22.5 Å². The van der Waals surface area contributed by atoms with E-state index in [1.807, 2.05) is 48.5 Å². The van der Waals surface area contributed by atoms with Crippen molar-refractivity contribution in [2.24, 2.45) is 0 Å². The molecule has 112 valence electrons. The van der Waals surface area contributed by atoms with Crippen LogP contribution in [0.15, 0.2) is 54.7 Å². The third-order valence-electron chi connectivity index (χ3n) is 3.41. The van der Waals surface area contributed by atoms with Gasteiger partial charge in [-0.25, -0.2) is 4.98 Å². The Morgan fingerprint density at radius 3 is 2.74 bits per heavy atom. The molecule has 0 spiro atoms. The minimum absolute atomic E-state index is 0.361. The zero-order valence-electron chi connectivity index (χ0n) is 11.9. The second kappa shape index (κ2) is 5.66. The molecule has 6 nitrogen and oxygen atoms in total. The van der Waals surface area contributed by atoms with Gasteiger partial charge in [0.1, 0.15) is 0 Å². The van der Waals surface area contributed by atoms with E-state index in [2.05, 4.69) is 30.7 Å². The van der Waals surface area contributed by atoms with Crippen LogP contribution in [0.4, 0.5) is 11.8 Å². The van der Waals surface area contributed by atoms with Crippen molar-refractivity contribution >= 4 is 34.3 Å². The van der Waals surface area contributed by atoms with E-state index < -0.39 is 0 Å². The van der Waals surface area contributed by atoms with E-state index in [-0.39, 0.29) is 0 Å². The number of nitrogens with one attached hydrogen (secondary N) is 2. The molecule has 2 aromatic carbocycles. The fourth-order valence-electron chi connectivity index (χ4n) is 2.32. The van der Waals surface area contributed by atoms with Crippen molar-refractivity contribution in [3.8, 4) is 11.3 Å². The number of hydrogen-bond donors (Lipinski definition) is 2. The van der Waals surface area contributed by atoms with Gasteiger partial charge >= 0.3 is 0 Å². The molecule has 0 aliphatic rings. The lowest BCUT2D eigenvalue weighted by Gasteiger charge is -2.05. The molecule has 0 saturated heterocycles. The van der Waals surface area contributed by atoms with Crippen molar-refractivity contribution in [3.63, 3.8) is 0 Å². The fourth-order valence-corrected chi connectivity index (χ4v) is 2.55. The van der Waals surface area contributed by atoms with Crippen LogP contribution in [0.3, 0.4) is 0 Å². The van der Waals surface area contributed by atoms with Gasteiger partial charge in [-0.1, -0.05) is 41.9 Å². The first-order valence-corrected chi connectivity index (χ1v) is 7.34. The standard InChI is InChI=1S/C16H11ClN6/c17-12-7-3-1-5-10(12)14-9-18-23-16(19-14)20-15-11-6-2-4-8-13(11)21-22-15/h1-9H,(H2,19,20,21,22,23). The van der Waals surface area contributed by atoms with Crippen LogP contribution >= 0.6 is 11.6 Å². The number of anilines is 2. The second-order valence-corrected chi connectivity index (χ2v) is 5.30. The van der Waals surface area contributed by atoms with Crippen molar-refractivity contribution in [1.29, 1.82) is 0 Å². The molecule has 2 heterocycles. The number of benzene rings is 2. The van der Waals surface area contributed by atoms with Gasteiger partial charge < -0.3 is 5.32 Å². The molecular formula is C16H11ClN6. The van der Waals surface area contributed by atoms with E-state index in [9.17, 15) is 0 Å². The molecular weight excluding hydrogens is 312 g/mol. The highest BCUT2D eigenvalue weighted by molar-refractivity contribution is 6.33. The summed E-state index contributed by atoms with van der Waals surface area (Å²) in [6, 6.07) is 15.3. The number of para-hydroxylation sites is 1. The molecule has 0 unspecified atom stereocenters. The van der Waals surface area contributed by atoms with Gasteiger partial charge in [-0.15, -0.1) is 5.10 Å². The van der Waals surface area contributed by atoms with Crippen LogP contribution in [0.25, 0.3) is 22.2 Å². The maximum atomic E-state index is 6.21. The largest absolute Gasteiger partial charge is 0.305 e. The second-order valence-electron chi connectivity index (χ2n) is 4.89. The SMILES string of the molecule is Clc1ccccc1-c1cnnc(Nc2n[nH]c3ccccc23)n1. The molecule has 0 amide bonds. The number of hydrogen-bond acceptors (Lipinski definition) is 5. The third-order valence-corrected chi connectivity index (χ3v) is 3.74. The van der Waals surface area contributed by atoms with Crippen LogP contribution in [0.2, 0.25) is 5.02 Å². The van der Waals surface area contributed by atoms with E-state index in [1.165, 1.54) is 0 Å². The summed E-state index contributed by atoms with van der Waals surface area (Å²) in [5.74, 6) is 1.01. The highest BCUT2D eigenvalue weighted by atomic mass is 35.5. The molecule has 7 heteroatoms. The highest BCUT2D eigenvalue weighted by Gasteiger charge is 2.10. The monoisotopic (exact) mass is 322 g/mol. The lowest BCUT2D eigenvalue weighted by atomic mass is 10.2. The van der Waals surface area contributed by atoms with Gasteiger partial charge in [0.2, 0.25) is 5.95 Å². The first-order chi connectivity index (χ1) is 11.3. The van der Waals surface area contributed by atoms with Gasteiger partial charge in [0.05, 0.1) is 22.4 Å². The quantitative estimate of drug-likeness (QED) is 0.599. The van der Waals surface area contributed by atoms with Gasteiger partial charge in [-0.05, 0) is 18.2 Å². The zero-order chi connectivity index (χ0) is 15.6. The predicted octanol–water partition coefficient (Wildman–Crippen LogP) is 3.81. The third kappa shape index (κ3) is 2.60. The van der Waals surface area contributed by atoms with Gasteiger partial charge in [-0.3, -0.25) is 5.10 Å². The average Bonchev–Trinajstić information content (AvgIpc) is 2.99. The maximum Gasteiger partial charge on any atom is 0.248 e. The smallest absolute Gasteiger partial charge is 0.248 e. The molecule has 4 aromatic rings. The topological polar surface area (TPSA) is 79.4 Å². The van der Waals surface area contributed by atoms with Crippen molar-refractivity contribution in [2.45, 2.75) is 0 Å². The Bertz CT molecular complexity index is 981. The Morgan fingerprint density at radius 1 is 1.00 bits per heavy atom. The van der Waals surface area contributed by atoms with E-state index in [4.69, 9.17) is 11.6 Å². The Labute approximate surface area is 136 Å². The predicted molar refractivity (Wildman–Crippen MR) is 89.6 cm³/mol. The number of nitrogens with zero attached hydrogens (tertiary/aromatic N) is 4. The van der Waals surface area contributed by atoms with Crippen molar-refractivity contribution in [3.05, 3.63) is 59.8 Å². The number of fused-ring (bicyclic) bond motifs is 1. The number of aromatic nitrogens is 5. The Balaban J connectivity index is 1.71. The molecule has 0 saturated carbocycles. The lowest BCUT2D eigenvalue weighted by Crippen LogP contribution is -2.00. The van der Waals surface area contributed by atoms with Gasteiger partial charge in [0.25, 0.3) is 0 Å². The summed E-state index contributed by atoms with van der Waals surface area (Å²) in [7, 11) is 0. The first-order valence-electron chi connectivity index (χ1n) is 6.96. The van der Waals surface area contributed by atoms with Gasteiger partial charge in [0, 0.05) is 10.9 Å². The maximum absolute atomic E-state index is 6.21. The fraction of sp³-hybridized carbons (Fsp3) is 0. The molecule has 2 N–H and O–H groups in total. The number of rotatable bonds is 3. The molecule has 0 radical (unpaired) electrons. The number of H-pyrrole nitrogens is 1. The summed E-state index contributed by atoms with van der Waals surface area (Å²) in [4.78, 5) is 4.46. The summed E-state index contributed by atoms with van der Waals surface area (Å²) < 4.78 is 0. The average molecular weight is 323 g/mol. The minimum Gasteiger partial charge on any atom is -0.305 e. The Kier molecular flexibility index (Phi) is 3.36. The van der Waals surface area contributed by atoms with Crippen LogP contribution in [-0.2, 0) is 0 Å². The van der Waals surface area contributed by atoms with Crippen LogP contribution in [0, 0.1) is 0 Å². The molecule has 4 rings (SSSR count). The van der Waals surface area contributed by atoms with Gasteiger partial charge in [0.15, 0.2) is 5.82 Å². The Hall–Kier alpha value is -2.99. The molecule has 0 atom stereocenters. The van der Waals surface area contributed by atoms with E-state index in [1.54, 1.807) is 6.20 Å². The molecule has 2 aromatic heterocycles. The summed E-state index contributed by atoms with van der Waals surface area (Å²) in [6.07, 6.45) is 1.58. The van der Waals surface area contributed by atoms with Crippen molar-refractivity contribution in [1.82, 2.24) is 25.4 Å². The molecule has 0 aliphatic heterocycles. The van der Waals surface area contributed by atoms with E-state index in [0.717, 1.165) is 16.5 Å². The van der Waals surface area contributed by atoms with Crippen molar-refractivity contribution in [2.75, 3.05) is 5.32 Å². The first kappa shape index (κ1) is 13.7. The summed E-state index contributed by atoms with van der Waals surface area (Å²) >= 11 is 6.21. The minimum atomic E-state index is 0.361. The van der Waals surface area contributed by atoms with E-state index >= 15 is 0 Å². The van der Waals surface area contributed by atoms with Gasteiger partial charge in [-0.2, -0.15) is 10.2 Å². The lowest BCUT2D eigenvalue weighted by molar-refractivity contribution is 0.977. The summed E-state index contributed by atoms with van der Waals surface area (Å²) in [5.41, 5.74) is 2.39. The summed E-state index contributed by atoms with van der Waals surface area (Å²) in [5, 5.41) is 19.9. The van der Waals surface area contributed by atoms with Crippen molar-refractivity contribution < 1.29 is 0 Å². The summed E-state index contributed by atoms with van der Waals surface area (Å²) in [6.45, 7) is 0. The van der Waals surface area contributed by atoms with Crippen LogP contribution in [0.5, 0.6) is 0 Å². The Morgan fingerprint density at radius 2 is 1.83 bits per heavy atom.